The standard InChI is InChI=1S/C4H7INO.K.3Y/c1-2-4(7)6-3-5;;;;/h3H,2H2,1H3,(H,6,7);;;;/q-1;+1;;;. The third-order valence-electron chi connectivity index (χ3n) is 0.537. The molecule has 0 saturated carbocycles. The van der Waals surface area contributed by atoms with Crippen molar-refractivity contribution in [1.82, 2.24) is 5.32 Å². The predicted octanol–water partition coefficient (Wildman–Crippen LogP) is -1.94. The van der Waals surface area contributed by atoms with Crippen LogP contribution >= 0.6 is 22.6 Å². The third-order valence-corrected chi connectivity index (χ3v) is 0.848. The van der Waals surface area contributed by atoms with Gasteiger partial charge in [0, 0.05) is 105 Å². The van der Waals surface area contributed by atoms with Crippen LogP contribution in [0.1, 0.15) is 13.3 Å². The normalized spacial score (nSPS) is 5.27. The second kappa shape index (κ2) is 24.4. The van der Waals surface area contributed by atoms with Crippen LogP contribution in [0.2, 0.25) is 0 Å². The molecule has 0 aliphatic carbocycles. The molecule has 1 amide bonds. The summed E-state index contributed by atoms with van der Waals surface area (Å²) in [6.45, 7) is 1.81. The van der Waals surface area contributed by atoms with Gasteiger partial charge in [0.15, 0.2) is 5.91 Å². The maximum atomic E-state index is 10.3. The topological polar surface area (TPSA) is 29.1 Å². The van der Waals surface area contributed by atoms with Gasteiger partial charge in [-0.25, -0.2) is 0 Å². The molecule has 0 aromatic rings. The molecular formula is C4H7IKNOY3. The zero-order valence-corrected chi connectivity index (χ0v) is 20.6. The van der Waals surface area contributed by atoms with E-state index in [9.17, 15) is 4.79 Å². The van der Waals surface area contributed by atoms with Crippen molar-refractivity contribution < 1.29 is 154 Å². The molecule has 2 nitrogen and oxygen atoms in total. The minimum Gasteiger partial charge on any atom is -0.496 e. The summed E-state index contributed by atoms with van der Waals surface area (Å²) in [7, 11) is 0. The van der Waals surface area contributed by atoms with Crippen molar-refractivity contribution in [2.75, 3.05) is 0 Å². The quantitative estimate of drug-likeness (QED) is 0.197. The zero-order chi connectivity index (χ0) is 5.70. The molecule has 0 atom stereocenters. The van der Waals surface area contributed by atoms with Gasteiger partial charge in [-0.05, 0) is 0 Å². The molecule has 0 fully saturated rings. The Bertz CT molecular complexity index is 78.4. The van der Waals surface area contributed by atoms with Crippen molar-refractivity contribution in [3.63, 3.8) is 0 Å². The van der Waals surface area contributed by atoms with Crippen molar-refractivity contribution in [3.05, 3.63) is 4.55 Å². The van der Waals surface area contributed by atoms with Gasteiger partial charge in [0.05, 0.1) is 0 Å². The molecule has 3 radical (unpaired) electrons. The van der Waals surface area contributed by atoms with Crippen molar-refractivity contribution in [1.29, 1.82) is 0 Å². The van der Waals surface area contributed by atoms with Gasteiger partial charge in [0.2, 0.25) is 0 Å². The summed E-state index contributed by atoms with van der Waals surface area (Å²) < 4.78 is 1.60. The van der Waals surface area contributed by atoms with E-state index >= 15 is 0 Å². The second-order valence-corrected chi connectivity index (χ2v) is 1.65. The Morgan fingerprint density at radius 3 is 1.91 bits per heavy atom. The summed E-state index contributed by atoms with van der Waals surface area (Å²) in [5.74, 6) is 0.0643. The molecule has 0 unspecified atom stereocenters. The van der Waals surface area contributed by atoms with Crippen LogP contribution in [-0.4, -0.2) is 5.91 Å². The summed E-state index contributed by atoms with van der Waals surface area (Å²) in [4.78, 5) is 10.3. The first-order valence-electron chi connectivity index (χ1n) is 2.02. The van der Waals surface area contributed by atoms with Gasteiger partial charge in [0.25, 0.3) is 0 Å². The van der Waals surface area contributed by atoms with Gasteiger partial charge in [-0.15, -0.1) is 0 Å². The van der Waals surface area contributed by atoms with E-state index in [1.807, 2.05) is 29.5 Å². The fourth-order valence-corrected chi connectivity index (χ4v) is 0.510. The van der Waals surface area contributed by atoms with Crippen LogP contribution in [0.5, 0.6) is 0 Å². The molecule has 0 bridgehead atoms. The minimum absolute atomic E-state index is 0. The zero-order valence-electron chi connectivity index (χ0n) is 6.80. The predicted molar refractivity (Wildman–Crippen MR) is 36.8 cm³/mol. The van der Waals surface area contributed by atoms with Gasteiger partial charge >= 0.3 is 51.4 Å². The van der Waals surface area contributed by atoms with Crippen LogP contribution in [0, 0.1) is 4.55 Å². The van der Waals surface area contributed by atoms with Crippen molar-refractivity contribution >= 4 is 28.5 Å². The molecule has 0 aliphatic rings. The van der Waals surface area contributed by atoms with E-state index in [-0.39, 0.29) is 155 Å². The Morgan fingerprint density at radius 2 is 1.82 bits per heavy atom. The molecule has 7 heteroatoms. The Morgan fingerprint density at radius 1 is 1.45 bits per heavy atom. The Balaban J connectivity index is -0.0000000300. The average molecular weight is 518 g/mol. The number of rotatable bonds is 2. The molecule has 0 aromatic carbocycles. The first-order valence-corrected chi connectivity index (χ1v) is 3.27. The number of hydrogen-bond donors (Lipinski definition) is 1. The monoisotopic (exact) mass is 518 g/mol. The molecule has 11 heavy (non-hydrogen) atoms. The van der Waals surface area contributed by atoms with E-state index in [1.54, 1.807) is 4.55 Å². The maximum Gasteiger partial charge on any atom is 1.00 e. The number of carbonyl (C=O) groups is 1. The fourth-order valence-electron chi connectivity index (χ4n) is 0.163. The Kier molecular flexibility index (Phi) is 66.1. The molecule has 51 valence electrons. The number of hydrogen-bond acceptors (Lipinski definition) is 1. The van der Waals surface area contributed by atoms with E-state index in [4.69, 9.17) is 0 Å². The second-order valence-electron chi connectivity index (χ2n) is 1.03. The molecular weight excluding hydrogens is 511 g/mol. The van der Waals surface area contributed by atoms with Gasteiger partial charge < -0.3 is 5.32 Å². The van der Waals surface area contributed by atoms with Crippen molar-refractivity contribution in [3.8, 4) is 0 Å². The average Bonchev–Trinajstić information content (AvgIpc) is 1.68. The van der Waals surface area contributed by atoms with E-state index in [0.29, 0.717) is 6.42 Å². The molecule has 0 heterocycles. The maximum absolute atomic E-state index is 10.3. The van der Waals surface area contributed by atoms with Crippen LogP contribution in [0.15, 0.2) is 0 Å². The molecule has 0 spiro atoms. The van der Waals surface area contributed by atoms with Crippen molar-refractivity contribution in [2.24, 2.45) is 0 Å². The van der Waals surface area contributed by atoms with E-state index in [2.05, 4.69) is 5.32 Å². The van der Waals surface area contributed by atoms with Crippen LogP contribution in [-0.2, 0) is 103 Å². The number of halogens is 1. The summed E-state index contributed by atoms with van der Waals surface area (Å²) in [6, 6.07) is 0. The summed E-state index contributed by atoms with van der Waals surface area (Å²) in [5, 5.41) is 2.52. The van der Waals surface area contributed by atoms with Crippen molar-refractivity contribution in [2.45, 2.75) is 13.3 Å². The van der Waals surface area contributed by atoms with E-state index < -0.39 is 0 Å². The number of carbonyl (C=O) groups excluding carboxylic acids is 1. The molecule has 0 aromatic heterocycles. The smallest absolute Gasteiger partial charge is 0.496 e. The molecule has 1 N–H and O–H groups in total. The van der Waals surface area contributed by atoms with Gasteiger partial charge in [-0.2, -0.15) is 4.55 Å². The minimum atomic E-state index is 0. The van der Waals surface area contributed by atoms with Gasteiger partial charge in [0.1, 0.15) is 0 Å². The third kappa shape index (κ3) is 25.4. The fraction of sp³-hybridized carbons (Fsp3) is 0.500. The largest absolute Gasteiger partial charge is 1.00 e. The number of nitrogens with one attached hydrogen (secondary N) is 1. The number of amides is 1. The van der Waals surface area contributed by atoms with E-state index in [1.165, 1.54) is 0 Å². The Labute approximate surface area is 200 Å². The van der Waals surface area contributed by atoms with Gasteiger partial charge in [-0.1, -0.05) is 6.92 Å². The van der Waals surface area contributed by atoms with E-state index in [0.717, 1.165) is 0 Å². The Hall–Kier alpha value is 5.15. The van der Waals surface area contributed by atoms with Crippen LogP contribution < -0.4 is 56.7 Å². The first kappa shape index (κ1) is 29.8. The van der Waals surface area contributed by atoms with Gasteiger partial charge in [-0.3, -0.25) is 27.4 Å². The molecule has 0 saturated heterocycles. The molecule has 0 aliphatic heterocycles. The SMILES string of the molecule is CCC(=O)N[CH-]I.[K+].[Y].[Y].[Y]. The summed E-state index contributed by atoms with van der Waals surface area (Å²) in [6.07, 6.45) is 0.555. The molecule has 0 rings (SSSR count). The first-order chi connectivity index (χ1) is 3.31. The summed E-state index contributed by atoms with van der Waals surface area (Å²) >= 11 is 1.97. The van der Waals surface area contributed by atoms with Crippen LogP contribution in [0.4, 0.5) is 0 Å². The van der Waals surface area contributed by atoms with Crippen LogP contribution in [0.3, 0.4) is 0 Å². The van der Waals surface area contributed by atoms with Crippen LogP contribution in [0.25, 0.3) is 0 Å². The summed E-state index contributed by atoms with van der Waals surface area (Å²) in [5.41, 5.74) is 0.